The van der Waals surface area contributed by atoms with Crippen LogP contribution in [-0.4, -0.2) is 46.8 Å². The molecule has 3 nitrogen and oxygen atoms in total. The summed E-state index contributed by atoms with van der Waals surface area (Å²) in [6.45, 7) is 10.4. The highest BCUT2D eigenvalue weighted by Crippen LogP contribution is 2.41. The molecule has 3 atom stereocenters. The predicted molar refractivity (Wildman–Crippen MR) is 80.3 cm³/mol. The second kappa shape index (κ2) is 6.11. The molecule has 112 valence electrons. The first-order valence-corrected chi connectivity index (χ1v) is 8.13. The minimum Gasteiger partial charge on any atom is -0.394 e. The average Bonchev–Trinajstić information content (AvgIpc) is 3.16. The Kier molecular flexibility index (Phi) is 4.91. The van der Waals surface area contributed by atoms with Crippen molar-refractivity contribution in [2.24, 2.45) is 5.92 Å². The van der Waals surface area contributed by atoms with Gasteiger partial charge in [0.1, 0.15) is 0 Å². The Morgan fingerprint density at radius 2 is 1.74 bits per heavy atom. The monoisotopic (exact) mass is 268 g/mol. The summed E-state index contributed by atoms with van der Waals surface area (Å²) < 4.78 is 0. The van der Waals surface area contributed by atoms with Crippen LogP contribution in [0.4, 0.5) is 0 Å². The average molecular weight is 268 g/mol. The Balaban J connectivity index is 2.09. The number of hydrogen-bond acceptors (Lipinski definition) is 3. The van der Waals surface area contributed by atoms with E-state index in [1.807, 2.05) is 0 Å². The lowest BCUT2D eigenvalue weighted by atomic mass is 9.88. The van der Waals surface area contributed by atoms with Gasteiger partial charge in [0.25, 0.3) is 0 Å². The molecule has 1 aliphatic carbocycles. The van der Waals surface area contributed by atoms with E-state index in [1.54, 1.807) is 0 Å². The van der Waals surface area contributed by atoms with Crippen LogP contribution in [0.1, 0.15) is 59.8 Å². The normalized spacial score (nSPS) is 32.5. The summed E-state index contributed by atoms with van der Waals surface area (Å²) in [6, 6.07) is 1.74. The van der Waals surface area contributed by atoms with Gasteiger partial charge < -0.3 is 10.4 Å². The van der Waals surface area contributed by atoms with E-state index in [1.165, 1.54) is 32.1 Å². The lowest BCUT2D eigenvalue weighted by molar-refractivity contribution is 0.0274. The van der Waals surface area contributed by atoms with Crippen molar-refractivity contribution in [3.8, 4) is 0 Å². The van der Waals surface area contributed by atoms with E-state index in [9.17, 15) is 5.11 Å². The first-order valence-electron chi connectivity index (χ1n) is 8.13. The van der Waals surface area contributed by atoms with Crippen LogP contribution in [0.25, 0.3) is 0 Å². The molecule has 2 N–H and O–H groups in total. The maximum absolute atomic E-state index is 10.0. The summed E-state index contributed by atoms with van der Waals surface area (Å²) in [6.07, 6.45) is 6.51. The minimum atomic E-state index is -0.0754. The van der Waals surface area contributed by atoms with E-state index < -0.39 is 0 Å². The molecule has 1 unspecified atom stereocenters. The zero-order chi connectivity index (χ0) is 14.0. The van der Waals surface area contributed by atoms with Crippen molar-refractivity contribution in [2.75, 3.05) is 13.2 Å². The predicted octanol–water partition coefficient (Wildman–Crippen LogP) is 2.39. The summed E-state index contributed by atoms with van der Waals surface area (Å²) in [5.74, 6) is 0.668. The van der Waals surface area contributed by atoms with Gasteiger partial charge in [-0.3, -0.25) is 4.90 Å². The van der Waals surface area contributed by atoms with E-state index >= 15 is 0 Å². The second-order valence-electron chi connectivity index (χ2n) is 7.19. The first kappa shape index (κ1) is 15.3. The molecule has 0 radical (unpaired) electrons. The highest BCUT2D eigenvalue weighted by atomic mass is 16.3. The number of piperidine rings is 1. The molecule has 0 aromatic heterocycles. The number of nitrogens with one attached hydrogen (secondary N) is 1. The van der Waals surface area contributed by atoms with Gasteiger partial charge >= 0.3 is 0 Å². The van der Waals surface area contributed by atoms with Gasteiger partial charge in [0, 0.05) is 24.7 Å². The molecule has 3 heteroatoms. The van der Waals surface area contributed by atoms with E-state index in [2.05, 4.69) is 37.9 Å². The molecule has 0 spiro atoms. The van der Waals surface area contributed by atoms with Gasteiger partial charge in [-0.15, -0.1) is 0 Å². The Morgan fingerprint density at radius 1 is 1.16 bits per heavy atom. The Morgan fingerprint density at radius 3 is 2.16 bits per heavy atom. The third-order valence-electron chi connectivity index (χ3n) is 5.06. The van der Waals surface area contributed by atoms with Crippen molar-refractivity contribution in [1.82, 2.24) is 10.2 Å². The van der Waals surface area contributed by atoms with E-state index in [0.29, 0.717) is 24.0 Å². The van der Waals surface area contributed by atoms with Gasteiger partial charge in [-0.05, 0) is 45.4 Å². The molecule has 0 aromatic rings. The third-order valence-corrected chi connectivity index (χ3v) is 5.06. The van der Waals surface area contributed by atoms with Gasteiger partial charge in [-0.2, -0.15) is 0 Å². The molecule has 1 saturated heterocycles. The number of nitrogens with zero attached hydrogens (tertiary/aromatic N) is 1. The Hall–Kier alpha value is -0.120. The van der Waals surface area contributed by atoms with Crippen molar-refractivity contribution in [3.63, 3.8) is 0 Å². The topological polar surface area (TPSA) is 35.5 Å². The smallest absolute Gasteiger partial charge is 0.0628 e. The summed E-state index contributed by atoms with van der Waals surface area (Å²) >= 11 is 0. The summed E-state index contributed by atoms with van der Waals surface area (Å²) in [5.41, 5.74) is -0.0754. The van der Waals surface area contributed by atoms with Crippen molar-refractivity contribution < 1.29 is 5.11 Å². The van der Waals surface area contributed by atoms with Crippen LogP contribution in [0, 0.1) is 5.92 Å². The maximum Gasteiger partial charge on any atom is 0.0628 e. The Bertz CT molecular complexity index is 280. The van der Waals surface area contributed by atoms with Crippen molar-refractivity contribution in [3.05, 3.63) is 0 Å². The van der Waals surface area contributed by atoms with E-state index in [4.69, 9.17) is 0 Å². The van der Waals surface area contributed by atoms with E-state index in [0.717, 1.165) is 6.54 Å². The zero-order valence-electron chi connectivity index (χ0n) is 13.2. The number of hydrogen-bond donors (Lipinski definition) is 2. The quantitative estimate of drug-likeness (QED) is 0.776. The Labute approximate surface area is 118 Å². The largest absolute Gasteiger partial charge is 0.394 e. The van der Waals surface area contributed by atoms with Crippen LogP contribution in [0.15, 0.2) is 0 Å². The zero-order valence-corrected chi connectivity index (χ0v) is 13.2. The molecule has 0 bridgehead atoms. The van der Waals surface area contributed by atoms with Crippen LogP contribution < -0.4 is 5.32 Å². The van der Waals surface area contributed by atoms with Crippen LogP contribution >= 0.6 is 0 Å². The molecule has 0 amide bonds. The SMILES string of the molecule is CC(C)NC(CO)(CN1[C@H](C)CCC[C@@H]1C)C1CC1. The fourth-order valence-electron chi connectivity index (χ4n) is 3.84. The van der Waals surface area contributed by atoms with Crippen molar-refractivity contribution in [2.45, 2.75) is 83.5 Å². The van der Waals surface area contributed by atoms with Crippen LogP contribution in [0.2, 0.25) is 0 Å². The summed E-state index contributed by atoms with van der Waals surface area (Å²) in [5, 5.41) is 13.8. The molecule has 1 saturated carbocycles. The first-order chi connectivity index (χ1) is 8.98. The molecule has 0 aromatic carbocycles. The van der Waals surface area contributed by atoms with Gasteiger partial charge in [-0.1, -0.05) is 20.3 Å². The van der Waals surface area contributed by atoms with Crippen molar-refractivity contribution in [1.29, 1.82) is 0 Å². The number of likely N-dealkylation sites (tertiary alicyclic amines) is 1. The lowest BCUT2D eigenvalue weighted by Gasteiger charge is -2.46. The second-order valence-corrected chi connectivity index (χ2v) is 7.19. The fraction of sp³-hybridized carbons (Fsp3) is 1.00. The molecule has 2 fully saturated rings. The van der Waals surface area contributed by atoms with Gasteiger partial charge in [0.2, 0.25) is 0 Å². The van der Waals surface area contributed by atoms with Gasteiger partial charge in [-0.25, -0.2) is 0 Å². The standard InChI is InChI=1S/C16H32N2O/c1-12(2)17-16(11-19,15-8-9-15)10-18-13(3)6-5-7-14(18)4/h12-15,17,19H,5-11H2,1-4H3/t13-,14+,16?. The number of aliphatic hydroxyl groups excluding tert-OH is 1. The highest BCUT2D eigenvalue weighted by molar-refractivity contribution is 5.04. The molecule has 1 heterocycles. The molecule has 2 aliphatic rings. The van der Waals surface area contributed by atoms with E-state index in [-0.39, 0.29) is 12.1 Å². The molecule has 1 aliphatic heterocycles. The summed E-state index contributed by atoms with van der Waals surface area (Å²) in [7, 11) is 0. The van der Waals surface area contributed by atoms with Crippen LogP contribution in [0.5, 0.6) is 0 Å². The lowest BCUT2D eigenvalue weighted by Crippen LogP contribution is -2.62. The molecule has 19 heavy (non-hydrogen) atoms. The van der Waals surface area contributed by atoms with Gasteiger partial charge in [0.05, 0.1) is 12.1 Å². The molecule has 2 rings (SSSR count). The maximum atomic E-state index is 10.0. The fourth-order valence-corrected chi connectivity index (χ4v) is 3.84. The minimum absolute atomic E-state index is 0.0754. The number of aliphatic hydroxyl groups is 1. The van der Waals surface area contributed by atoms with Crippen LogP contribution in [-0.2, 0) is 0 Å². The molecular weight excluding hydrogens is 236 g/mol. The highest BCUT2D eigenvalue weighted by Gasteiger charge is 2.47. The third kappa shape index (κ3) is 3.50. The van der Waals surface area contributed by atoms with Gasteiger partial charge in [0.15, 0.2) is 0 Å². The van der Waals surface area contributed by atoms with Crippen LogP contribution in [0.3, 0.4) is 0 Å². The van der Waals surface area contributed by atoms with Crippen molar-refractivity contribution >= 4 is 0 Å². The summed E-state index contributed by atoms with van der Waals surface area (Å²) in [4.78, 5) is 2.63. The molecular formula is C16H32N2O. The number of rotatable bonds is 6.